The zero-order valence-electron chi connectivity index (χ0n) is 16.3. The first-order chi connectivity index (χ1) is 14.3. The van der Waals surface area contributed by atoms with E-state index in [-0.39, 0.29) is 28.1 Å². The van der Waals surface area contributed by atoms with E-state index in [0.29, 0.717) is 11.3 Å². The fourth-order valence-electron chi connectivity index (χ4n) is 3.48. The van der Waals surface area contributed by atoms with Crippen molar-refractivity contribution in [3.8, 4) is 5.75 Å². The molecule has 0 radical (unpaired) electrons. The Hall–Kier alpha value is -2.28. The Morgan fingerprint density at radius 1 is 1.03 bits per heavy atom. The molecule has 2 aromatic carbocycles. The second kappa shape index (κ2) is 8.10. The Morgan fingerprint density at radius 2 is 1.70 bits per heavy atom. The predicted octanol–water partition coefficient (Wildman–Crippen LogP) is 5.28. The van der Waals surface area contributed by atoms with Crippen LogP contribution in [0, 0.1) is 0 Å². The summed E-state index contributed by atoms with van der Waals surface area (Å²) in [4.78, 5) is 21.8. The van der Waals surface area contributed by atoms with Gasteiger partial charge in [-0.05, 0) is 31.5 Å². The van der Waals surface area contributed by atoms with Gasteiger partial charge >= 0.3 is 0 Å². The summed E-state index contributed by atoms with van der Waals surface area (Å²) >= 11 is 12.9. The van der Waals surface area contributed by atoms with Crippen LogP contribution in [0.2, 0.25) is 10.0 Å². The normalized spacial score (nSPS) is 19.9. The summed E-state index contributed by atoms with van der Waals surface area (Å²) in [5.74, 6) is -0.160. The lowest BCUT2D eigenvalue weighted by atomic mass is 9.98. The number of halogens is 2. The van der Waals surface area contributed by atoms with E-state index in [1.165, 1.54) is 12.4 Å². The Morgan fingerprint density at radius 3 is 2.43 bits per heavy atom. The van der Waals surface area contributed by atoms with Gasteiger partial charge in [-0.15, -0.1) is 0 Å². The van der Waals surface area contributed by atoms with E-state index in [2.05, 4.69) is 9.97 Å². The maximum atomic E-state index is 13.6. The summed E-state index contributed by atoms with van der Waals surface area (Å²) in [5, 5.41) is -0.517. The van der Waals surface area contributed by atoms with E-state index in [0.717, 1.165) is 5.56 Å². The van der Waals surface area contributed by atoms with Gasteiger partial charge in [-0.3, -0.25) is 14.0 Å². The lowest BCUT2D eigenvalue weighted by molar-refractivity contribution is 0.0975. The number of rotatable bonds is 4. The highest BCUT2D eigenvalue weighted by molar-refractivity contribution is 7.87. The quantitative estimate of drug-likeness (QED) is 0.529. The van der Waals surface area contributed by atoms with Gasteiger partial charge in [-0.2, -0.15) is 0 Å². The van der Waals surface area contributed by atoms with Crippen LogP contribution >= 0.6 is 23.2 Å². The third-order valence-corrected chi connectivity index (χ3v) is 7.74. The molecule has 154 valence electrons. The van der Waals surface area contributed by atoms with Crippen LogP contribution in [0.3, 0.4) is 0 Å². The summed E-state index contributed by atoms with van der Waals surface area (Å²) in [6.07, 6.45) is 2.94. The SMILES string of the molecule is CC1(C)c2nccnc2C(=O)C(c2c(Cl)ccc(Cl)c2OCc2ccccc2)S1=O. The molecule has 0 aliphatic carbocycles. The summed E-state index contributed by atoms with van der Waals surface area (Å²) in [5.41, 5.74) is 1.84. The highest BCUT2D eigenvalue weighted by Crippen LogP contribution is 2.48. The van der Waals surface area contributed by atoms with E-state index < -0.39 is 26.6 Å². The van der Waals surface area contributed by atoms with Crippen LogP contribution in [0.5, 0.6) is 5.75 Å². The molecule has 0 spiro atoms. The van der Waals surface area contributed by atoms with Gasteiger partial charge in [0.15, 0.2) is 0 Å². The molecule has 2 atom stereocenters. The number of carbonyl (C=O) groups excluding carboxylic acids is 1. The van der Waals surface area contributed by atoms with Crippen LogP contribution in [0.4, 0.5) is 0 Å². The number of hydrogen-bond acceptors (Lipinski definition) is 5. The largest absolute Gasteiger partial charge is 0.487 e. The van der Waals surface area contributed by atoms with Gasteiger partial charge in [-0.25, -0.2) is 4.98 Å². The molecule has 2 unspecified atom stereocenters. The maximum absolute atomic E-state index is 13.6. The van der Waals surface area contributed by atoms with Crippen molar-refractivity contribution in [2.24, 2.45) is 0 Å². The molecule has 30 heavy (non-hydrogen) atoms. The Kier molecular flexibility index (Phi) is 5.66. The molecule has 1 aromatic heterocycles. The molecule has 4 rings (SSSR count). The summed E-state index contributed by atoms with van der Waals surface area (Å²) in [7, 11) is -1.68. The summed E-state index contributed by atoms with van der Waals surface area (Å²) < 4.78 is 18.7. The van der Waals surface area contributed by atoms with Crippen molar-refractivity contribution in [3.63, 3.8) is 0 Å². The zero-order chi connectivity index (χ0) is 21.5. The minimum atomic E-state index is -1.68. The van der Waals surface area contributed by atoms with Crippen LogP contribution in [-0.4, -0.2) is 20.0 Å². The number of ether oxygens (including phenoxy) is 1. The summed E-state index contributed by atoms with van der Waals surface area (Å²) in [6, 6.07) is 12.7. The molecular weight excluding hydrogens is 443 g/mol. The van der Waals surface area contributed by atoms with Crippen LogP contribution in [0.1, 0.15) is 46.4 Å². The number of benzene rings is 2. The Balaban J connectivity index is 1.83. The zero-order valence-corrected chi connectivity index (χ0v) is 18.6. The number of Topliss-reactive ketones (excluding diaryl/α,β-unsaturated/α-hetero) is 1. The minimum absolute atomic E-state index is 0.192. The van der Waals surface area contributed by atoms with Gasteiger partial charge in [0.1, 0.15) is 23.3 Å². The minimum Gasteiger partial charge on any atom is -0.487 e. The van der Waals surface area contributed by atoms with Crippen molar-refractivity contribution in [1.82, 2.24) is 9.97 Å². The van der Waals surface area contributed by atoms with Gasteiger partial charge in [0, 0.05) is 33.8 Å². The van der Waals surface area contributed by atoms with E-state index in [1.54, 1.807) is 26.0 Å². The van der Waals surface area contributed by atoms with Gasteiger partial charge in [0.25, 0.3) is 0 Å². The number of aromatic nitrogens is 2. The molecule has 2 heterocycles. The standard InChI is InChI=1S/C22H18Cl2N2O3S/c1-22(2)21-17(25-10-11-26-21)18(27)20(30(22)28)16-14(23)8-9-15(24)19(16)29-12-13-6-4-3-5-7-13/h3-11,20H,12H2,1-2H3. The Bertz CT molecular complexity index is 1150. The molecule has 5 nitrogen and oxygen atoms in total. The molecular formula is C22H18Cl2N2O3S. The van der Waals surface area contributed by atoms with Gasteiger partial charge in [0.05, 0.1) is 15.5 Å². The van der Waals surface area contributed by atoms with E-state index in [1.807, 2.05) is 30.3 Å². The van der Waals surface area contributed by atoms with Crippen molar-refractivity contribution >= 4 is 39.8 Å². The van der Waals surface area contributed by atoms with Crippen LogP contribution < -0.4 is 4.74 Å². The van der Waals surface area contributed by atoms with E-state index in [4.69, 9.17) is 27.9 Å². The molecule has 0 fully saturated rings. The average Bonchev–Trinajstić information content (AvgIpc) is 2.75. The van der Waals surface area contributed by atoms with Crippen molar-refractivity contribution in [3.05, 3.63) is 87.4 Å². The highest BCUT2D eigenvalue weighted by atomic mass is 35.5. The first kappa shape index (κ1) is 21.0. The molecule has 3 aromatic rings. The third-order valence-electron chi connectivity index (χ3n) is 5.04. The molecule has 1 aliphatic rings. The van der Waals surface area contributed by atoms with Crippen LogP contribution in [-0.2, 0) is 22.2 Å². The third kappa shape index (κ3) is 3.53. The Labute approximate surface area is 186 Å². The second-order valence-corrected chi connectivity index (χ2v) is 10.3. The number of fused-ring (bicyclic) bond motifs is 1. The first-order valence-electron chi connectivity index (χ1n) is 9.23. The number of carbonyl (C=O) groups is 1. The van der Waals surface area contributed by atoms with E-state index >= 15 is 0 Å². The molecule has 0 N–H and O–H groups in total. The van der Waals surface area contributed by atoms with Crippen molar-refractivity contribution in [2.75, 3.05) is 0 Å². The molecule has 1 aliphatic heterocycles. The predicted molar refractivity (Wildman–Crippen MR) is 118 cm³/mol. The maximum Gasteiger partial charge on any atom is 0.203 e. The number of hydrogen-bond donors (Lipinski definition) is 0. The fraction of sp³-hybridized carbons (Fsp3) is 0.227. The van der Waals surface area contributed by atoms with Crippen molar-refractivity contribution in [2.45, 2.75) is 30.5 Å². The number of ketones is 1. The second-order valence-electron chi connectivity index (χ2n) is 7.35. The lowest BCUT2D eigenvalue weighted by Gasteiger charge is -2.34. The molecule has 0 amide bonds. The van der Waals surface area contributed by atoms with Gasteiger partial charge < -0.3 is 4.74 Å². The number of nitrogens with zero attached hydrogens (tertiary/aromatic N) is 2. The lowest BCUT2D eigenvalue weighted by Crippen LogP contribution is -2.40. The topological polar surface area (TPSA) is 69.2 Å². The van der Waals surface area contributed by atoms with Gasteiger partial charge in [-0.1, -0.05) is 53.5 Å². The fourth-order valence-corrected chi connectivity index (χ4v) is 5.70. The molecule has 0 bridgehead atoms. The van der Waals surface area contributed by atoms with Crippen molar-refractivity contribution in [1.29, 1.82) is 0 Å². The van der Waals surface area contributed by atoms with Crippen molar-refractivity contribution < 1.29 is 13.7 Å². The van der Waals surface area contributed by atoms with Gasteiger partial charge in [0.2, 0.25) is 5.78 Å². The smallest absolute Gasteiger partial charge is 0.203 e. The molecule has 8 heteroatoms. The van der Waals surface area contributed by atoms with Crippen LogP contribution in [0.25, 0.3) is 0 Å². The average molecular weight is 461 g/mol. The highest BCUT2D eigenvalue weighted by Gasteiger charge is 2.49. The molecule has 0 saturated carbocycles. The molecule has 0 saturated heterocycles. The van der Waals surface area contributed by atoms with E-state index in [9.17, 15) is 9.00 Å². The summed E-state index contributed by atoms with van der Waals surface area (Å²) in [6.45, 7) is 3.78. The van der Waals surface area contributed by atoms with Crippen LogP contribution in [0.15, 0.2) is 54.9 Å². The monoisotopic (exact) mass is 460 g/mol. The first-order valence-corrected chi connectivity index (χ1v) is 11.2.